The zero-order valence-corrected chi connectivity index (χ0v) is 12.6. The van der Waals surface area contributed by atoms with E-state index < -0.39 is 6.17 Å². The smallest absolute Gasteiger partial charge is 0.0587 e. The van der Waals surface area contributed by atoms with Gasteiger partial charge in [-0.2, -0.15) is 10.5 Å². The molecule has 2 radical (unpaired) electrons. The molecule has 5 nitrogen and oxygen atoms in total. The first kappa shape index (κ1) is 29.2. The maximum Gasteiger partial charge on any atom is 0.0587 e. The van der Waals surface area contributed by atoms with E-state index in [2.05, 4.69) is 12.4 Å². The Labute approximate surface area is 124 Å². The third kappa shape index (κ3) is 43.7. The van der Waals surface area contributed by atoms with Crippen LogP contribution in [-0.2, 0) is 65.4 Å². The molecule has 4 N–H and O–H groups in total. The molecule has 0 aliphatic carbocycles. The summed E-state index contributed by atoms with van der Waals surface area (Å²) in [5, 5.41) is 17.3. The molecule has 0 heterocycles. The monoisotopic (exact) mass is 318 g/mol. The van der Waals surface area contributed by atoms with Gasteiger partial charge in [-0.05, 0) is 6.17 Å². The quantitative estimate of drug-likeness (QED) is 0.738. The average Bonchev–Trinajstić information content (AvgIpc) is 1.88. The van der Waals surface area contributed by atoms with Crippen molar-refractivity contribution in [3.05, 3.63) is 18.9 Å². The van der Waals surface area contributed by atoms with Crippen LogP contribution in [0.3, 0.4) is 0 Å². The molecule has 0 fully saturated rings. The molecule has 12 heavy (non-hydrogen) atoms. The standard InChI is InChI=1S/C3H5N3.C2H3N.H2N.2Y/c1-6-3(5)2-4;1-2-3;;;/h3,5-6H,1H2;1H3;1H2;;/q-2;;-1;;. The van der Waals surface area contributed by atoms with Gasteiger partial charge in [-0.15, -0.1) is 0 Å². The molecule has 0 aliphatic heterocycles. The van der Waals surface area contributed by atoms with Crippen molar-refractivity contribution in [3.8, 4) is 12.1 Å². The maximum atomic E-state index is 7.79. The molecule has 0 rings (SSSR count). The summed E-state index contributed by atoms with van der Waals surface area (Å²) in [4.78, 5) is 0. The molecular formula is C5H10N5Y2-3. The van der Waals surface area contributed by atoms with E-state index in [9.17, 15) is 0 Å². The molecule has 1 unspecified atom stereocenters. The molecule has 7 heteroatoms. The zero-order valence-electron chi connectivity index (χ0n) is 6.91. The van der Waals surface area contributed by atoms with Gasteiger partial charge in [0.05, 0.1) is 12.1 Å². The summed E-state index contributed by atoms with van der Waals surface area (Å²) in [5.74, 6) is 0. The second-order valence-electron chi connectivity index (χ2n) is 0.990. The summed E-state index contributed by atoms with van der Waals surface area (Å²) in [7, 11) is 3.10. The summed E-state index contributed by atoms with van der Waals surface area (Å²) >= 11 is 0. The summed E-state index contributed by atoms with van der Waals surface area (Å²) in [6, 6.07) is 3.36. The van der Waals surface area contributed by atoms with Crippen LogP contribution in [0.4, 0.5) is 0 Å². The van der Waals surface area contributed by atoms with Gasteiger partial charge in [0.2, 0.25) is 0 Å². The SMILES string of the molecule is CC#N.[CH2-]NC([NH-])C#N.[NH2-].[Y].[Y]. The summed E-state index contributed by atoms with van der Waals surface area (Å²) in [5.41, 5.74) is 6.53. The Bertz CT molecular complexity index is 127. The first-order chi connectivity index (χ1) is 4.22. The number of hydrogen-bond donors (Lipinski definition) is 1. The van der Waals surface area contributed by atoms with Crippen molar-refractivity contribution in [2.24, 2.45) is 0 Å². The Balaban J connectivity index is -0.0000000246. The van der Waals surface area contributed by atoms with Crippen molar-refractivity contribution >= 4 is 0 Å². The molecular weight excluding hydrogens is 308 g/mol. The number of nitriles is 2. The van der Waals surface area contributed by atoms with Crippen LogP contribution < -0.4 is 5.32 Å². The van der Waals surface area contributed by atoms with Gasteiger partial charge in [-0.3, -0.25) is 7.05 Å². The minimum absolute atomic E-state index is 0. The Hall–Kier alpha value is 1.07. The molecule has 0 aromatic carbocycles. The number of nitrogens with one attached hydrogen (secondary N) is 2. The van der Waals surface area contributed by atoms with Crippen molar-refractivity contribution in [2.45, 2.75) is 13.1 Å². The molecule has 0 aromatic heterocycles. The van der Waals surface area contributed by atoms with E-state index in [1.807, 2.05) is 0 Å². The predicted octanol–water partition coefficient (Wildman–Crippen LogP) is 1.51. The van der Waals surface area contributed by atoms with Gasteiger partial charge >= 0.3 is 0 Å². The first-order valence-electron chi connectivity index (χ1n) is 2.17. The Morgan fingerprint density at radius 3 is 1.67 bits per heavy atom. The second-order valence-corrected chi connectivity index (χ2v) is 0.990. The van der Waals surface area contributed by atoms with Crippen LogP contribution in [0.5, 0.6) is 0 Å². The number of hydrogen-bond acceptors (Lipinski definition) is 3. The van der Waals surface area contributed by atoms with Gasteiger partial charge in [0.1, 0.15) is 0 Å². The minimum atomic E-state index is -0.870. The third-order valence-corrected chi connectivity index (χ3v) is 0.333. The molecule has 0 saturated carbocycles. The van der Waals surface area contributed by atoms with Crippen LogP contribution in [0, 0.1) is 29.7 Å². The topological polar surface area (TPSA) is 117 Å². The maximum absolute atomic E-state index is 7.79. The molecule has 0 spiro atoms. The fourth-order valence-corrected chi connectivity index (χ4v) is 0.0456. The fraction of sp³-hybridized carbons (Fsp3) is 0.400. The van der Waals surface area contributed by atoms with Gasteiger partial charge in [-0.1, -0.05) is 0 Å². The molecule has 0 bridgehead atoms. The van der Waals surface area contributed by atoms with Crippen molar-refractivity contribution in [3.63, 3.8) is 0 Å². The van der Waals surface area contributed by atoms with E-state index >= 15 is 0 Å². The van der Waals surface area contributed by atoms with E-state index in [-0.39, 0.29) is 71.6 Å². The van der Waals surface area contributed by atoms with E-state index in [1.54, 1.807) is 12.1 Å². The van der Waals surface area contributed by atoms with Crippen LogP contribution in [0.2, 0.25) is 0 Å². The van der Waals surface area contributed by atoms with Crippen LogP contribution in [-0.4, -0.2) is 6.17 Å². The molecule has 0 amide bonds. The molecule has 1 atom stereocenters. The largest absolute Gasteiger partial charge is 0.693 e. The summed E-state index contributed by atoms with van der Waals surface area (Å²) in [6.45, 7) is 1.43. The average molecular weight is 318 g/mol. The van der Waals surface area contributed by atoms with E-state index in [4.69, 9.17) is 16.3 Å². The first-order valence-corrected chi connectivity index (χ1v) is 2.17. The number of nitrogens with two attached hydrogens (primary N) is 1. The van der Waals surface area contributed by atoms with Crippen LogP contribution >= 0.6 is 0 Å². The summed E-state index contributed by atoms with van der Waals surface area (Å²) < 4.78 is 0. The van der Waals surface area contributed by atoms with Crippen LogP contribution in [0.15, 0.2) is 0 Å². The van der Waals surface area contributed by atoms with Gasteiger partial charge in [0.15, 0.2) is 0 Å². The van der Waals surface area contributed by atoms with E-state index in [0.29, 0.717) is 0 Å². The van der Waals surface area contributed by atoms with Gasteiger partial charge in [0, 0.05) is 72.3 Å². The normalized spacial score (nSPS) is 7.08. The number of rotatable bonds is 1. The molecule has 0 saturated heterocycles. The van der Waals surface area contributed by atoms with Crippen molar-refractivity contribution < 1.29 is 65.4 Å². The Kier molecular flexibility index (Phi) is 72.1. The van der Waals surface area contributed by atoms with Crippen LogP contribution in [0.25, 0.3) is 11.9 Å². The van der Waals surface area contributed by atoms with Crippen LogP contribution in [0.1, 0.15) is 6.92 Å². The van der Waals surface area contributed by atoms with E-state index in [1.165, 1.54) is 6.92 Å². The predicted molar refractivity (Wildman–Crippen MR) is 38.8 cm³/mol. The van der Waals surface area contributed by atoms with Crippen molar-refractivity contribution in [1.29, 1.82) is 10.5 Å². The fourth-order valence-electron chi connectivity index (χ4n) is 0.0456. The molecule has 0 aromatic rings. The minimum Gasteiger partial charge on any atom is -0.693 e. The number of nitrogens with zero attached hydrogens (tertiary/aromatic N) is 2. The van der Waals surface area contributed by atoms with Gasteiger partial charge < -0.3 is 17.2 Å². The summed E-state index contributed by atoms with van der Waals surface area (Å²) in [6.07, 6.45) is -0.870. The zero-order chi connectivity index (χ0) is 7.70. The molecule has 0 aliphatic rings. The Morgan fingerprint density at radius 2 is 1.67 bits per heavy atom. The van der Waals surface area contributed by atoms with E-state index in [0.717, 1.165) is 0 Å². The van der Waals surface area contributed by atoms with Gasteiger partial charge in [0.25, 0.3) is 0 Å². The third-order valence-electron chi connectivity index (χ3n) is 0.333. The molecule has 64 valence electrons. The Morgan fingerprint density at radius 1 is 1.42 bits per heavy atom. The van der Waals surface area contributed by atoms with Crippen molar-refractivity contribution in [2.75, 3.05) is 0 Å². The van der Waals surface area contributed by atoms with Crippen molar-refractivity contribution in [1.82, 2.24) is 5.32 Å². The second kappa shape index (κ2) is 29.6. The van der Waals surface area contributed by atoms with Gasteiger partial charge in [-0.25, -0.2) is 0 Å².